The van der Waals surface area contributed by atoms with Gasteiger partial charge in [0, 0.05) is 95.5 Å². The van der Waals surface area contributed by atoms with Crippen LogP contribution in [-0.4, -0.2) is 99.7 Å². The van der Waals surface area contributed by atoms with Gasteiger partial charge in [-0.3, -0.25) is 29.4 Å². The van der Waals surface area contributed by atoms with E-state index >= 15 is 0 Å². The molecule has 0 bridgehead atoms. The van der Waals surface area contributed by atoms with Crippen LogP contribution in [-0.2, 0) is 61.5 Å². The normalized spacial score (nSPS) is 12.9. The molecule has 9 rings (SSSR count). The third kappa shape index (κ3) is 58.6. The smallest absolute Gasteiger partial charge is 0.103 e. The Kier molecular flexibility index (Phi) is 56.2. The molecule has 0 N–H and O–H groups in total. The summed E-state index contributed by atoms with van der Waals surface area (Å²) in [6.45, 7) is 50.0. The highest BCUT2D eigenvalue weighted by Crippen LogP contribution is 2.15. The van der Waals surface area contributed by atoms with Crippen LogP contribution in [0.25, 0.3) is 0 Å². The molecule has 0 spiro atoms. The van der Waals surface area contributed by atoms with Crippen LogP contribution in [0.2, 0.25) is 0 Å². The Bertz CT molecular complexity index is 2620. The molecule has 11 heteroatoms. The van der Waals surface area contributed by atoms with E-state index in [9.17, 15) is 0 Å². The number of rotatable bonds is 29. The lowest BCUT2D eigenvalue weighted by atomic mass is 10.0. The van der Waals surface area contributed by atoms with E-state index in [1.54, 1.807) is 12.5 Å². The molecular formula is C88H147N7O4. The summed E-state index contributed by atoms with van der Waals surface area (Å²) in [5.74, 6) is 8.67. The lowest BCUT2D eigenvalue weighted by molar-refractivity contribution is 0.0238. The zero-order valence-electron chi connectivity index (χ0n) is 66.7. The molecule has 2 saturated heterocycles. The molecule has 2 aliphatic heterocycles. The number of hydrogen-bond donors (Lipinski definition) is 0. The number of aromatic nitrogens is 5. The molecular weight excluding hydrogens is 1220 g/mol. The van der Waals surface area contributed by atoms with Crippen LogP contribution in [0, 0.1) is 47.3 Å². The number of nitrogens with zero attached hydrogens (tertiary/aromatic N) is 7. The Morgan fingerprint density at radius 3 is 1.18 bits per heavy atom. The third-order valence-electron chi connectivity index (χ3n) is 16.8. The Balaban J connectivity index is 0.000000557. The van der Waals surface area contributed by atoms with Gasteiger partial charge in [0.25, 0.3) is 0 Å². The fourth-order valence-corrected chi connectivity index (χ4v) is 10.3. The Morgan fingerprint density at radius 1 is 0.354 bits per heavy atom. The summed E-state index contributed by atoms with van der Waals surface area (Å²) in [7, 11) is 1.96. The summed E-state index contributed by atoms with van der Waals surface area (Å²) in [5, 5.41) is 4.30. The predicted molar refractivity (Wildman–Crippen MR) is 425 cm³/mol. The van der Waals surface area contributed by atoms with E-state index in [4.69, 9.17) is 18.3 Å². The van der Waals surface area contributed by atoms with Crippen molar-refractivity contribution in [1.82, 2.24) is 34.5 Å². The van der Waals surface area contributed by atoms with Crippen molar-refractivity contribution >= 4 is 0 Å². The molecule has 0 atom stereocenters. The van der Waals surface area contributed by atoms with Crippen molar-refractivity contribution in [3.63, 3.8) is 0 Å². The number of benzene rings is 1. The summed E-state index contributed by atoms with van der Waals surface area (Å²) >= 11 is 0. The average Bonchev–Trinajstić information content (AvgIpc) is 2.12. The largest absolute Gasteiger partial charge is 0.469 e. The molecule has 2 fully saturated rings. The fourth-order valence-electron chi connectivity index (χ4n) is 10.3. The molecule has 558 valence electrons. The molecule has 6 aromatic heterocycles. The maximum atomic E-state index is 5.29. The second-order valence-electron chi connectivity index (χ2n) is 30.5. The second kappa shape index (κ2) is 61.0. The SMILES string of the molecule is CC(C)CCCN1CCOCC1.CC(C)CCCc1ccccc1.CC(C)CCCc1cccnc1.CC(C)CCCc1ccco1.CC(C)CCc1cccnc1.CC(C)CCc1ccco1.CC(C)CCc1ccn(C)n1.CC(C)CCc1ccncc1.CC(C)N1CCOCC1. The van der Waals surface area contributed by atoms with Crippen LogP contribution in [0.3, 0.4) is 0 Å². The molecule has 7 aromatic rings. The highest BCUT2D eigenvalue weighted by Gasteiger charge is 2.13. The maximum absolute atomic E-state index is 5.29. The van der Waals surface area contributed by atoms with E-state index in [-0.39, 0.29) is 0 Å². The van der Waals surface area contributed by atoms with Gasteiger partial charge in [-0.1, -0.05) is 173 Å². The van der Waals surface area contributed by atoms with Gasteiger partial charge in [-0.15, -0.1) is 0 Å². The van der Waals surface area contributed by atoms with Gasteiger partial charge in [0.15, 0.2) is 0 Å². The van der Waals surface area contributed by atoms with Crippen molar-refractivity contribution in [3.05, 3.63) is 192 Å². The van der Waals surface area contributed by atoms with E-state index in [1.807, 2.05) is 91.5 Å². The number of morpholine rings is 2. The van der Waals surface area contributed by atoms with Crippen molar-refractivity contribution in [2.24, 2.45) is 54.4 Å². The number of hydrogen-bond acceptors (Lipinski definition) is 10. The third-order valence-corrected chi connectivity index (χ3v) is 16.8. The summed E-state index contributed by atoms with van der Waals surface area (Å²) in [4.78, 5) is 17.1. The quantitative estimate of drug-likeness (QED) is 0.0450. The van der Waals surface area contributed by atoms with Gasteiger partial charge in [0.1, 0.15) is 11.5 Å². The highest BCUT2D eigenvalue weighted by atomic mass is 16.5. The van der Waals surface area contributed by atoms with Crippen LogP contribution < -0.4 is 0 Å². The Labute approximate surface area is 608 Å². The molecule has 0 radical (unpaired) electrons. The first kappa shape index (κ1) is 91.3. The molecule has 0 amide bonds. The standard InChI is InChI=1S/C12H18.C11H17N.C10H21NO.2C10H15N.C10H16O.C9H16N2.C9H14O.C7H15NO/c1-11(2)7-6-10-12-8-4-3-5-9-12;1-10(2)5-3-6-11-7-4-8-12-9-11;1-10(2)4-3-5-11-6-8-12-9-7-11;1-9(2)3-4-10-5-7-11-8-6-10;1-9(2)5-6-10-4-3-7-11-8-10;1-9(2)5-3-6-10-7-4-8-11-10;1-8(2)4-5-9-6-7-11(3)10-9;1-8(2)5-6-9-4-3-7-10-9;1-7(2)8-3-5-9-6-4-8/h3-5,8-9,11H,6-7,10H2,1-2H3;4,7-10H,3,5-6H2,1-2H3;10H,3-9H2,1-2H3;5-9H,3-4H2,1-2H3;3-4,7-9H,5-6H2,1-2H3;4,7-9H,3,5-6H2,1-2H3;6-8H,4-5H2,1-3H3;3-4,7-8H,5-6H2,1-2H3;7H,3-6H2,1-2H3. The molecule has 0 saturated carbocycles. The first-order valence-electron chi connectivity index (χ1n) is 38.9. The number of pyridine rings is 3. The van der Waals surface area contributed by atoms with Gasteiger partial charge in [-0.25, -0.2) is 0 Å². The van der Waals surface area contributed by atoms with E-state index < -0.39 is 0 Å². The summed E-state index contributed by atoms with van der Waals surface area (Å²) in [6, 6.07) is 33.9. The number of aryl methyl sites for hydroxylation is 8. The lowest BCUT2D eigenvalue weighted by Gasteiger charge is -2.29. The lowest BCUT2D eigenvalue weighted by Crippen LogP contribution is -2.40. The molecule has 8 heterocycles. The van der Waals surface area contributed by atoms with Crippen LogP contribution in [0.15, 0.2) is 162 Å². The maximum Gasteiger partial charge on any atom is 0.103 e. The Morgan fingerprint density at radius 2 is 0.758 bits per heavy atom. The number of ether oxygens (including phenoxy) is 2. The molecule has 2 aliphatic rings. The van der Waals surface area contributed by atoms with Crippen LogP contribution in [0.1, 0.15) is 241 Å². The van der Waals surface area contributed by atoms with Crippen molar-refractivity contribution < 1.29 is 18.3 Å². The molecule has 0 unspecified atom stereocenters. The Hall–Kier alpha value is -5.72. The minimum Gasteiger partial charge on any atom is -0.469 e. The number of furan rings is 2. The summed E-state index contributed by atoms with van der Waals surface area (Å²) in [6.07, 6.45) is 40.2. The summed E-state index contributed by atoms with van der Waals surface area (Å²) in [5.41, 5.74) is 6.78. The van der Waals surface area contributed by atoms with E-state index in [2.05, 4.69) is 215 Å². The molecule has 0 aliphatic carbocycles. The van der Waals surface area contributed by atoms with Crippen LogP contribution in [0.4, 0.5) is 0 Å². The average molecular weight is 1370 g/mol. The highest BCUT2D eigenvalue weighted by molar-refractivity contribution is 5.15. The zero-order chi connectivity index (χ0) is 73.1. The topological polar surface area (TPSA) is 108 Å². The van der Waals surface area contributed by atoms with Gasteiger partial charge in [0.2, 0.25) is 0 Å². The first-order valence-corrected chi connectivity index (χ1v) is 38.9. The van der Waals surface area contributed by atoms with Gasteiger partial charge in [0.05, 0.1) is 44.6 Å². The van der Waals surface area contributed by atoms with Crippen molar-refractivity contribution in [2.75, 3.05) is 59.2 Å². The molecule has 1 aromatic carbocycles. The second-order valence-corrected chi connectivity index (χ2v) is 30.5. The van der Waals surface area contributed by atoms with E-state index in [0.29, 0.717) is 6.04 Å². The first-order chi connectivity index (χ1) is 47.5. The van der Waals surface area contributed by atoms with Gasteiger partial charge in [-0.05, 0) is 234 Å². The van der Waals surface area contributed by atoms with Gasteiger partial charge in [-0.2, -0.15) is 5.10 Å². The monoisotopic (exact) mass is 1370 g/mol. The van der Waals surface area contributed by atoms with Crippen molar-refractivity contribution in [1.29, 1.82) is 0 Å². The van der Waals surface area contributed by atoms with Crippen molar-refractivity contribution in [2.45, 2.75) is 253 Å². The zero-order valence-corrected chi connectivity index (χ0v) is 66.7. The minimum atomic E-state index is 0.689. The minimum absolute atomic E-state index is 0.689. The van der Waals surface area contributed by atoms with E-state index in [0.717, 1.165) is 137 Å². The summed E-state index contributed by atoms with van der Waals surface area (Å²) < 4.78 is 22.7. The molecule has 11 nitrogen and oxygen atoms in total. The van der Waals surface area contributed by atoms with Gasteiger partial charge >= 0.3 is 0 Å². The predicted octanol–water partition coefficient (Wildman–Crippen LogP) is 22.7. The van der Waals surface area contributed by atoms with Crippen LogP contribution >= 0.6 is 0 Å². The van der Waals surface area contributed by atoms with E-state index in [1.165, 1.54) is 131 Å². The molecule has 99 heavy (non-hydrogen) atoms. The van der Waals surface area contributed by atoms with Crippen LogP contribution in [0.5, 0.6) is 0 Å². The van der Waals surface area contributed by atoms with Crippen molar-refractivity contribution in [3.8, 4) is 0 Å². The van der Waals surface area contributed by atoms with Gasteiger partial charge < -0.3 is 18.3 Å². The fraction of sp³-hybridized carbons (Fsp3) is 0.636.